The minimum atomic E-state index is -0.326. The van der Waals surface area contributed by atoms with Gasteiger partial charge in [0, 0.05) is 28.1 Å². The summed E-state index contributed by atoms with van der Waals surface area (Å²) < 4.78 is 38.3. The highest BCUT2D eigenvalue weighted by Gasteiger charge is 2.14. The molecule has 0 saturated heterocycles. The normalized spacial score (nSPS) is 13.0. The summed E-state index contributed by atoms with van der Waals surface area (Å²) in [5, 5.41) is 0. The van der Waals surface area contributed by atoms with Gasteiger partial charge in [0.05, 0.1) is 79.3 Å². The van der Waals surface area contributed by atoms with Crippen molar-refractivity contribution in [1.82, 2.24) is 11.0 Å². The van der Waals surface area contributed by atoms with Crippen LogP contribution >= 0.6 is 0 Å². The number of hydrogen-bond acceptors (Lipinski definition) is 11. The number of hydroxylamine groups is 2. The number of amides is 2. The van der Waals surface area contributed by atoms with Gasteiger partial charge in [-0.1, -0.05) is 0 Å². The average molecular weight is 485 g/mol. The van der Waals surface area contributed by atoms with Crippen LogP contribution in [0.15, 0.2) is 0 Å². The van der Waals surface area contributed by atoms with Crippen LogP contribution in [-0.2, 0) is 52.4 Å². The van der Waals surface area contributed by atoms with E-state index in [-0.39, 0.29) is 76.9 Å². The summed E-state index contributed by atoms with van der Waals surface area (Å²) in [7, 11) is 3.18. The second kappa shape index (κ2) is 23.7. The van der Waals surface area contributed by atoms with Crippen molar-refractivity contribution in [2.75, 3.05) is 93.5 Å². The van der Waals surface area contributed by atoms with E-state index in [2.05, 4.69) is 11.0 Å². The Morgan fingerprint density at radius 2 is 0.970 bits per heavy atom. The van der Waals surface area contributed by atoms with Gasteiger partial charge in [-0.05, 0) is 0 Å². The lowest BCUT2D eigenvalue weighted by atomic mass is 10.3. The molecular weight excluding hydrogens is 444 g/mol. The van der Waals surface area contributed by atoms with Gasteiger partial charge in [0.25, 0.3) is 0 Å². The zero-order valence-corrected chi connectivity index (χ0v) is 20.1. The van der Waals surface area contributed by atoms with Crippen molar-refractivity contribution in [3.8, 4) is 0 Å². The van der Waals surface area contributed by atoms with Crippen LogP contribution in [0.2, 0.25) is 0 Å². The Balaban J connectivity index is 4.27. The Labute approximate surface area is 195 Å². The fraction of sp³-hybridized carbons (Fsp3) is 0.900. The molecule has 0 radical (unpaired) electrons. The van der Waals surface area contributed by atoms with Crippen LogP contribution in [0, 0.1) is 0 Å². The van der Waals surface area contributed by atoms with Crippen LogP contribution in [0.3, 0.4) is 0 Å². The maximum absolute atomic E-state index is 10.8. The summed E-state index contributed by atoms with van der Waals surface area (Å²) in [6.45, 7) is 6.46. The molecule has 13 nitrogen and oxygen atoms in total. The summed E-state index contributed by atoms with van der Waals surface area (Å²) >= 11 is 0. The molecule has 2 atom stereocenters. The number of carbonyl (C=O) groups is 2. The molecule has 13 heteroatoms. The van der Waals surface area contributed by atoms with Gasteiger partial charge in [-0.25, -0.2) is 11.0 Å². The first kappa shape index (κ1) is 31.6. The Morgan fingerprint density at radius 1 is 0.576 bits per heavy atom. The number of hydrogen-bond donors (Lipinski definition) is 2. The Hall–Kier alpha value is -1.42. The van der Waals surface area contributed by atoms with Crippen molar-refractivity contribution in [2.24, 2.45) is 0 Å². The number of methoxy groups -OCH3 is 2. The molecule has 0 aromatic rings. The summed E-state index contributed by atoms with van der Waals surface area (Å²) in [4.78, 5) is 31.3. The first-order chi connectivity index (χ1) is 16.0. The van der Waals surface area contributed by atoms with E-state index in [0.717, 1.165) is 0 Å². The van der Waals surface area contributed by atoms with Crippen LogP contribution in [-0.4, -0.2) is 118 Å². The lowest BCUT2D eigenvalue weighted by Gasteiger charge is -2.21. The molecule has 0 aliphatic rings. The fourth-order valence-electron chi connectivity index (χ4n) is 2.15. The topological polar surface area (TPSA) is 141 Å². The van der Waals surface area contributed by atoms with Gasteiger partial charge in [-0.2, -0.15) is 0 Å². The minimum absolute atomic E-state index is 0.212. The molecule has 33 heavy (non-hydrogen) atoms. The van der Waals surface area contributed by atoms with Crippen molar-refractivity contribution in [3.05, 3.63) is 0 Å². The van der Waals surface area contributed by atoms with E-state index in [0.29, 0.717) is 26.4 Å². The molecule has 0 fully saturated rings. The highest BCUT2D eigenvalue weighted by atomic mass is 16.7. The predicted molar refractivity (Wildman–Crippen MR) is 115 cm³/mol. The van der Waals surface area contributed by atoms with Crippen LogP contribution in [0.4, 0.5) is 0 Å². The smallest absolute Gasteiger partial charge is 0.240 e. The summed E-state index contributed by atoms with van der Waals surface area (Å²) in [5.74, 6) is -0.564. The average Bonchev–Trinajstić information content (AvgIpc) is 2.77. The van der Waals surface area contributed by atoms with E-state index in [9.17, 15) is 9.59 Å². The molecule has 2 amide bonds. The molecule has 0 aliphatic carbocycles. The number of rotatable bonds is 24. The maximum atomic E-state index is 10.8. The third-order valence-electron chi connectivity index (χ3n) is 3.59. The molecule has 0 aromatic carbocycles. The van der Waals surface area contributed by atoms with Crippen LogP contribution < -0.4 is 11.0 Å². The van der Waals surface area contributed by atoms with Gasteiger partial charge >= 0.3 is 0 Å². The summed E-state index contributed by atoms with van der Waals surface area (Å²) in [5.41, 5.74) is 4.45. The SMILES string of the molecule is COCCOC(COCCONC(C)=O)COCC(COCCONC(C)=O)OCCOC. The molecule has 2 N–H and O–H groups in total. The number of nitrogens with one attached hydrogen (secondary N) is 2. The van der Waals surface area contributed by atoms with Crippen LogP contribution in [0.5, 0.6) is 0 Å². The van der Waals surface area contributed by atoms with E-state index >= 15 is 0 Å². The molecule has 0 rings (SSSR count). The first-order valence-electron chi connectivity index (χ1n) is 10.7. The third-order valence-corrected chi connectivity index (χ3v) is 3.59. The van der Waals surface area contributed by atoms with Crippen LogP contribution in [0.1, 0.15) is 13.8 Å². The third kappa shape index (κ3) is 23.5. The van der Waals surface area contributed by atoms with E-state index in [4.69, 9.17) is 42.8 Å². The summed E-state index contributed by atoms with van der Waals surface area (Å²) in [6.07, 6.45) is -0.653. The molecule has 0 heterocycles. The highest BCUT2D eigenvalue weighted by Crippen LogP contribution is 2.01. The van der Waals surface area contributed by atoms with Crippen molar-refractivity contribution >= 4 is 11.8 Å². The van der Waals surface area contributed by atoms with Crippen molar-refractivity contribution in [2.45, 2.75) is 26.1 Å². The minimum Gasteiger partial charge on any atom is -0.382 e. The Kier molecular flexibility index (Phi) is 22.7. The molecular formula is C20H40N2O11. The Bertz CT molecular complexity index is 431. The van der Waals surface area contributed by atoms with Gasteiger partial charge < -0.3 is 33.2 Å². The van der Waals surface area contributed by atoms with E-state index in [1.807, 2.05) is 0 Å². The zero-order valence-electron chi connectivity index (χ0n) is 20.1. The number of carbonyl (C=O) groups excluding carboxylic acids is 2. The lowest BCUT2D eigenvalue weighted by molar-refractivity contribution is -0.134. The van der Waals surface area contributed by atoms with Crippen molar-refractivity contribution < 1.29 is 52.4 Å². The van der Waals surface area contributed by atoms with Crippen molar-refractivity contribution in [1.29, 1.82) is 0 Å². The first-order valence-corrected chi connectivity index (χ1v) is 10.7. The van der Waals surface area contributed by atoms with E-state index in [1.54, 1.807) is 14.2 Å². The second-order valence-corrected chi connectivity index (χ2v) is 6.67. The molecule has 0 saturated carbocycles. The second-order valence-electron chi connectivity index (χ2n) is 6.67. The van der Waals surface area contributed by atoms with Gasteiger partial charge in [-0.3, -0.25) is 19.3 Å². The molecule has 2 unspecified atom stereocenters. The van der Waals surface area contributed by atoms with Gasteiger partial charge in [0.1, 0.15) is 12.2 Å². The largest absolute Gasteiger partial charge is 0.382 e. The lowest BCUT2D eigenvalue weighted by Crippen LogP contribution is -2.33. The highest BCUT2D eigenvalue weighted by molar-refractivity contribution is 5.71. The Morgan fingerprint density at radius 3 is 1.33 bits per heavy atom. The zero-order chi connectivity index (χ0) is 24.6. The number of ether oxygens (including phenoxy) is 7. The summed E-state index contributed by atoms with van der Waals surface area (Å²) in [6, 6.07) is 0. The monoisotopic (exact) mass is 484 g/mol. The van der Waals surface area contributed by atoms with Gasteiger partial charge in [0.15, 0.2) is 0 Å². The maximum Gasteiger partial charge on any atom is 0.240 e. The van der Waals surface area contributed by atoms with E-state index in [1.165, 1.54) is 13.8 Å². The molecule has 0 bridgehead atoms. The fourth-order valence-corrected chi connectivity index (χ4v) is 2.15. The van der Waals surface area contributed by atoms with E-state index < -0.39 is 0 Å². The molecule has 0 aliphatic heterocycles. The molecule has 0 aromatic heterocycles. The van der Waals surface area contributed by atoms with Crippen molar-refractivity contribution in [3.63, 3.8) is 0 Å². The quantitative estimate of drug-likeness (QED) is 0.132. The van der Waals surface area contributed by atoms with Gasteiger partial charge in [0.2, 0.25) is 11.8 Å². The predicted octanol–water partition coefficient (Wildman–Crippen LogP) is -0.765. The molecule has 196 valence electrons. The standard InChI is InChI=1S/C20H40N2O11/c1-17(23)21-32-11-7-27-13-19(30-9-5-25-3)15-29-16-20(31-10-6-26-4)14-28-8-12-33-22-18(2)24/h19-20H,5-16H2,1-4H3,(H,21,23)(H,22,24). The van der Waals surface area contributed by atoms with Crippen LogP contribution in [0.25, 0.3) is 0 Å². The molecule has 0 spiro atoms. The van der Waals surface area contributed by atoms with Gasteiger partial charge in [-0.15, -0.1) is 0 Å².